The fourth-order valence-corrected chi connectivity index (χ4v) is 3.25. The Balaban J connectivity index is 1.90. The predicted octanol–water partition coefficient (Wildman–Crippen LogP) is 2.68. The molecule has 2 aromatic carbocycles. The second-order valence-corrected chi connectivity index (χ2v) is 8.56. The van der Waals surface area contributed by atoms with Crippen LogP contribution >= 0.6 is 0 Å². The molecule has 0 saturated carbocycles. The number of anilines is 1. The lowest BCUT2D eigenvalue weighted by molar-refractivity contribution is 0.0926. The first-order valence-corrected chi connectivity index (χ1v) is 10.5. The molecule has 2 aromatic rings. The molecule has 0 aliphatic carbocycles. The molecular weight excluding hydrogens is 380 g/mol. The smallest absolute Gasteiger partial charge is 0.251 e. The minimum atomic E-state index is -3.33. The second kappa shape index (κ2) is 9.45. The van der Waals surface area contributed by atoms with Crippen LogP contribution in [0.4, 0.5) is 5.69 Å². The van der Waals surface area contributed by atoms with E-state index in [1.54, 1.807) is 62.6 Å². The molecule has 0 saturated heterocycles. The molecule has 0 aromatic heterocycles. The Morgan fingerprint density at radius 1 is 1.07 bits per heavy atom. The van der Waals surface area contributed by atoms with Gasteiger partial charge in [0, 0.05) is 12.6 Å². The Kier molecular flexibility index (Phi) is 7.28. The molecule has 0 heterocycles. The van der Waals surface area contributed by atoms with Crippen LogP contribution in [-0.4, -0.2) is 46.9 Å². The van der Waals surface area contributed by atoms with Crippen LogP contribution in [-0.2, 0) is 10.0 Å². The highest BCUT2D eigenvalue weighted by atomic mass is 32.2. The number of hydrogen-bond donors (Lipinski definition) is 1. The number of sulfonamides is 1. The van der Waals surface area contributed by atoms with Gasteiger partial charge in [0.2, 0.25) is 10.0 Å². The molecule has 0 spiro atoms. The summed E-state index contributed by atoms with van der Waals surface area (Å²) in [4.78, 5) is 12.4. The normalized spacial score (nSPS) is 12.1. The molecular formula is C20H26N2O5S. The van der Waals surface area contributed by atoms with Crippen LogP contribution in [0, 0.1) is 0 Å². The molecule has 28 heavy (non-hydrogen) atoms. The molecule has 2 rings (SSSR count). The van der Waals surface area contributed by atoms with Crippen molar-refractivity contribution in [2.75, 3.05) is 30.8 Å². The van der Waals surface area contributed by atoms with E-state index in [2.05, 4.69) is 5.32 Å². The summed E-state index contributed by atoms with van der Waals surface area (Å²) in [5.41, 5.74) is 0.955. The molecule has 0 unspecified atom stereocenters. The van der Waals surface area contributed by atoms with Crippen molar-refractivity contribution >= 4 is 21.6 Å². The highest BCUT2D eigenvalue weighted by molar-refractivity contribution is 7.92. The van der Waals surface area contributed by atoms with Gasteiger partial charge in [-0.3, -0.25) is 9.10 Å². The maximum Gasteiger partial charge on any atom is 0.251 e. The van der Waals surface area contributed by atoms with Gasteiger partial charge in [-0.05, 0) is 62.4 Å². The molecule has 152 valence electrons. The average molecular weight is 407 g/mol. The van der Waals surface area contributed by atoms with Crippen molar-refractivity contribution in [2.24, 2.45) is 0 Å². The summed E-state index contributed by atoms with van der Waals surface area (Å²) in [6.45, 7) is 3.74. The van der Waals surface area contributed by atoms with Gasteiger partial charge in [0.15, 0.2) is 0 Å². The minimum absolute atomic E-state index is 0.0114. The monoisotopic (exact) mass is 406 g/mol. The van der Waals surface area contributed by atoms with E-state index in [0.29, 0.717) is 23.6 Å². The first-order valence-electron chi connectivity index (χ1n) is 8.91. The number of hydrogen-bond acceptors (Lipinski definition) is 5. The van der Waals surface area contributed by atoms with Gasteiger partial charge in [0.1, 0.15) is 18.1 Å². The number of nitrogens with zero attached hydrogens (tertiary/aromatic N) is 1. The third kappa shape index (κ3) is 5.63. The Hall–Kier alpha value is -2.74. The third-order valence-corrected chi connectivity index (χ3v) is 5.99. The number of methoxy groups -OCH3 is 1. The first kappa shape index (κ1) is 21.6. The van der Waals surface area contributed by atoms with Crippen molar-refractivity contribution in [3.8, 4) is 11.5 Å². The van der Waals surface area contributed by atoms with Crippen LogP contribution in [0.2, 0.25) is 0 Å². The molecule has 0 aliphatic heterocycles. The van der Waals surface area contributed by atoms with Gasteiger partial charge < -0.3 is 14.8 Å². The summed E-state index contributed by atoms with van der Waals surface area (Å²) in [6, 6.07) is 13.4. The standard InChI is InChI=1S/C20H26N2O5S/c1-5-28(24,25)22(3)17-8-6-16(7-9-17)20(23)21-15(2)14-27-19-12-10-18(26-4)11-13-19/h6-13,15H,5,14H2,1-4H3,(H,21,23)/t15-/m0/s1. The maximum absolute atomic E-state index is 12.4. The van der Waals surface area contributed by atoms with Gasteiger partial charge in [-0.15, -0.1) is 0 Å². The van der Waals surface area contributed by atoms with Crippen LogP contribution < -0.4 is 19.1 Å². The zero-order chi connectivity index (χ0) is 20.7. The molecule has 0 radical (unpaired) electrons. The third-order valence-electron chi connectivity index (χ3n) is 4.21. The van der Waals surface area contributed by atoms with Gasteiger partial charge in [-0.1, -0.05) is 0 Å². The van der Waals surface area contributed by atoms with Crippen molar-refractivity contribution in [3.05, 3.63) is 54.1 Å². The van der Waals surface area contributed by atoms with E-state index in [-0.39, 0.29) is 17.7 Å². The number of carbonyl (C=O) groups excluding carboxylic acids is 1. The van der Waals surface area contributed by atoms with Crippen LogP contribution in [0.1, 0.15) is 24.2 Å². The Bertz CT molecular complexity index is 880. The first-order chi connectivity index (χ1) is 13.3. The molecule has 1 amide bonds. The van der Waals surface area contributed by atoms with Gasteiger partial charge in [0.05, 0.1) is 24.6 Å². The summed E-state index contributed by atoms with van der Waals surface area (Å²) in [5, 5.41) is 2.86. The van der Waals surface area contributed by atoms with E-state index in [0.717, 1.165) is 5.75 Å². The molecule has 1 atom stereocenters. The zero-order valence-electron chi connectivity index (χ0n) is 16.5. The van der Waals surface area contributed by atoms with Crippen LogP contribution in [0.3, 0.4) is 0 Å². The van der Waals surface area contributed by atoms with Crippen molar-refractivity contribution in [1.29, 1.82) is 0 Å². The number of rotatable bonds is 9. The number of amides is 1. The topological polar surface area (TPSA) is 84.9 Å². The Labute approximate surface area is 166 Å². The van der Waals surface area contributed by atoms with Crippen molar-refractivity contribution in [3.63, 3.8) is 0 Å². The van der Waals surface area contributed by atoms with E-state index >= 15 is 0 Å². The van der Waals surface area contributed by atoms with Gasteiger partial charge in [-0.25, -0.2) is 8.42 Å². The second-order valence-electron chi connectivity index (χ2n) is 6.28. The summed E-state index contributed by atoms with van der Waals surface area (Å²) < 4.78 is 35.8. The molecule has 1 N–H and O–H groups in total. The highest BCUT2D eigenvalue weighted by Crippen LogP contribution is 2.18. The summed E-state index contributed by atoms with van der Waals surface area (Å²) >= 11 is 0. The molecule has 7 nitrogen and oxygen atoms in total. The molecule has 0 aliphatic rings. The van der Waals surface area contributed by atoms with Crippen molar-refractivity contribution in [1.82, 2.24) is 5.32 Å². The highest BCUT2D eigenvalue weighted by Gasteiger charge is 2.16. The lowest BCUT2D eigenvalue weighted by Gasteiger charge is -2.19. The number of benzene rings is 2. The average Bonchev–Trinajstić information content (AvgIpc) is 2.72. The molecule has 0 fully saturated rings. The van der Waals surface area contributed by atoms with E-state index in [1.165, 1.54) is 11.4 Å². The van der Waals surface area contributed by atoms with Crippen molar-refractivity contribution in [2.45, 2.75) is 19.9 Å². The van der Waals surface area contributed by atoms with Crippen LogP contribution in [0.25, 0.3) is 0 Å². The fourth-order valence-electron chi connectivity index (χ4n) is 2.42. The largest absolute Gasteiger partial charge is 0.497 e. The fraction of sp³-hybridized carbons (Fsp3) is 0.350. The number of ether oxygens (including phenoxy) is 2. The van der Waals surface area contributed by atoms with E-state index in [4.69, 9.17) is 9.47 Å². The number of nitrogens with one attached hydrogen (secondary N) is 1. The van der Waals surface area contributed by atoms with Gasteiger partial charge in [-0.2, -0.15) is 0 Å². The lowest BCUT2D eigenvalue weighted by Crippen LogP contribution is -2.36. The quantitative estimate of drug-likeness (QED) is 0.692. The van der Waals surface area contributed by atoms with Gasteiger partial charge >= 0.3 is 0 Å². The van der Waals surface area contributed by atoms with E-state index < -0.39 is 10.0 Å². The van der Waals surface area contributed by atoms with Gasteiger partial charge in [0.25, 0.3) is 5.91 Å². The predicted molar refractivity (Wildman–Crippen MR) is 110 cm³/mol. The Morgan fingerprint density at radius 3 is 2.18 bits per heavy atom. The summed E-state index contributed by atoms with van der Waals surface area (Å²) in [7, 11) is -0.243. The minimum Gasteiger partial charge on any atom is -0.497 e. The zero-order valence-corrected chi connectivity index (χ0v) is 17.3. The summed E-state index contributed by atoms with van der Waals surface area (Å²) in [5.74, 6) is 1.19. The molecule has 0 bridgehead atoms. The number of carbonyl (C=O) groups is 1. The van der Waals surface area contributed by atoms with Crippen molar-refractivity contribution < 1.29 is 22.7 Å². The van der Waals surface area contributed by atoms with Crippen LogP contribution in [0.15, 0.2) is 48.5 Å². The molecule has 8 heteroatoms. The SMILES string of the molecule is CCS(=O)(=O)N(C)c1ccc(C(=O)N[C@@H](C)COc2ccc(OC)cc2)cc1. The van der Waals surface area contributed by atoms with E-state index in [1.807, 2.05) is 6.92 Å². The Morgan fingerprint density at radius 2 is 1.64 bits per heavy atom. The summed E-state index contributed by atoms with van der Waals surface area (Å²) in [6.07, 6.45) is 0. The maximum atomic E-state index is 12.4. The van der Waals surface area contributed by atoms with Crippen LogP contribution in [0.5, 0.6) is 11.5 Å². The lowest BCUT2D eigenvalue weighted by atomic mass is 10.2. The van der Waals surface area contributed by atoms with E-state index in [9.17, 15) is 13.2 Å².